The molecule has 1 aromatic carbocycles. The van der Waals surface area contributed by atoms with Crippen molar-refractivity contribution >= 4 is 23.2 Å². The molecule has 0 aliphatic carbocycles. The van der Waals surface area contributed by atoms with E-state index >= 15 is 0 Å². The van der Waals surface area contributed by atoms with Crippen LogP contribution in [0, 0.1) is 0 Å². The van der Waals surface area contributed by atoms with Crippen LogP contribution in [0.3, 0.4) is 0 Å². The Morgan fingerprint density at radius 1 is 1.00 bits per heavy atom. The summed E-state index contributed by atoms with van der Waals surface area (Å²) in [4.78, 5) is 0. The number of alkyl halides is 5. The van der Waals surface area contributed by atoms with Crippen molar-refractivity contribution in [3.63, 3.8) is 0 Å². The number of halogens is 7. The molecule has 0 atom stereocenters. The number of hydrogen-bond acceptors (Lipinski definition) is 2. The fourth-order valence-electron chi connectivity index (χ4n) is 0.905. The molecule has 0 unspecified atom stereocenters. The SMILES string of the molecule is FC(F)Oc1ccc(OC(F)(F)F)c(Cl)c1Cl. The zero-order valence-electron chi connectivity index (χ0n) is 7.69. The first-order valence-corrected chi connectivity index (χ1v) is 4.65. The van der Waals surface area contributed by atoms with Gasteiger partial charge in [0.2, 0.25) is 0 Å². The Hall–Kier alpha value is -0.950. The van der Waals surface area contributed by atoms with Gasteiger partial charge in [0.25, 0.3) is 0 Å². The molecule has 2 nitrogen and oxygen atoms in total. The predicted molar refractivity (Wildman–Crippen MR) is 49.8 cm³/mol. The summed E-state index contributed by atoms with van der Waals surface area (Å²) >= 11 is 10.8. The molecule has 1 rings (SSSR count). The van der Waals surface area contributed by atoms with Crippen molar-refractivity contribution in [1.29, 1.82) is 0 Å². The number of hydrogen-bond donors (Lipinski definition) is 0. The van der Waals surface area contributed by atoms with Crippen LogP contribution in [0.2, 0.25) is 10.0 Å². The van der Waals surface area contributed by atoms with Crippen molar-refractivity contribution < 1.29 is 31.4 Å². The van der Waals surface area contributed by atoms with Crippen molar-refractivity contribution in [2.75, 3.05) is 0 Å². The monoisotopic (exact) mass is 296 g/mol. The van der Waals surface area contributed by atoms with E-state index in [4.69, 9.17) is 23.2 Å². The van der Waals surface area contributed by atoms with Crippen molar-refractivity contribution in [1.82, 2.24) is 0 Å². The van der Waals surface area contributed by atoms with E-state index in [9.17, 15) is 22.0 Å². The summed E-state index contributed by atoms with van der Waals surface area (Å²) in [6.07, 6.45) is -4.96. The lowest BCUT2D eigenvalue weighted by atomic mass is 10.3. The lowest BCUT2D eigenvalue weighted by molar-refractivity contribution is -0.274. The summed E-state index contributed by atoms with van der Waals surface area (Å²) in [5.41, 5.74) is 0. The minimum absolute atomic E-state index is 0.541. The predicted octanol–water partition coefficient (Wildman–Crippen LogP) is 4.49. The third-order valence-electron chi connectivity index (χ3n) is 1.45. The second kappa shape index (κ2) is 5.14. The van der Waals surface area contributed by atoms with Crippen LogP contribution in [-0.2, 0) is 0 Å². The van der Waals surface area contributed by atoms with Gasteiger partial charge < -0.3 is 9.47 Å². The molecule has 0 N–H and O–H groups in total. The van der Waals surface area contributed by atoms with Crippen LogP contribution in [0.4, 0.5) is 22.0 Å². The fourth-order valence-corrected chi connectivity index (χ4v) is 1.30. The Labute approximate surface area is 102 Å². The van der Waals surface area contributed by atoms with Gasteiger partial charge in [-0.1, -0.05) is 23.2 Å². The molecule has 0 saturated heterocycles. The number of ether oxygens (including phenoxy) is 2. The average Bonchev–Trinajstić information content (AvgIpc) is 2.15. The van der Waals surface area contributed by atoms with Gasteiger partial charge in [0.05, 0.1) is 0 Å². The summed E-state index contributed by atoms with van der Waals surface area (Å²) < 4.78 is 66.8. The zero-order valence-corrected chi connectivity index (χ0v) is 9.21. The second-order valence-corrected chi connectivity index (χ2v) is 3.37. The maximum Gasteiger partial charge on any atom is 0.573 e. The Morgan fingerprint density at radius 2 is 1.47 bits per heavy atom. The average molecular weight is 297 g/mol. The summed E-state index contributed by atoms with van der Waals surface area (Å²) in [7, 11) is 0. The van der Waals surface area contributed by atoms with E-state index in [0.717, 1.165) is 12.1 Å². The van der Waals surface area contributed by atoms with E-state index in [1.54, 1.807) is 0 Å². The molecule has 0 radical (unpaired) electrons. The first-order valence-electron chi connectivity index (χ1n) is 3.89. The smallest absolute Gasteiger partial charge is 0.433 e. The van der Waals surface area contributed by atoms with Crippen molar-refractivity contribution in [2.45, 2.75) is 13.0 Å². The molecule has 9 heteroatoms. The molecule has 96 valence electrons. The maximum atomic E-state index is 11.9. The summed E-state index contributed by atoms with van der Waals surface area (Å²) in [5, 5.41) is -1.25. The molecule has 0 bridgehead atoms. The molecular weight excluding hydrogens is 294 g/mol. The van der Waals surface area contributed by atoms with Crippen LogP contribution < -0.4 is 9.47 Å². The van der Waals surface area contributed by atoms with Gasteiger partial charge in [0.1, 0.15) is 21.5 Å². The van der Waals surface area contributed by atoms with Crippen LogP contribution in [0.5, 0.6) is 11.5 Å². The van der Waals surface area contributed by atoms with Gasteiger partial charge in [-0.05, 0) is 12.1 Å². The Bertz CT molecular complexity index is 408. The summed E-state index contributed by atoms with van der Waals surface area (Å²) in [6.45, 7) is -3.17. The minimum Gasteiger partial charge on any atom is -0.433 e. The van der Waals surface area contributed by atoms with Crippen LogP contribution >= 0.6 is 23.2 Å². The zero-order chi connectivity index (χ0) is 13.2. The van der Waals surface area contributed by atoms with Gasteiger partial charge >= 0.3 is 13.0 Å². The highest BCUT2D eigenvalue weighted by molar-refractivity contribution is 6.43. The van der Waals surface area contributed by atoms with E-state index in [2.05, 4.69) is 9.47 Å². The molecule has 17 heavy (non-hydrogen) atoms. The van der Waals surface area contributed by atoms with E-state index in [1.165, 1.54) is 0 Å². The van der Waals surface area contributed by atoms with Gasteiger partial charge in [-0.2, -0.15) is 8.78 Å². The van der Waals surface area contributed by atoms with Gasteiger partial charge in [-0.15, -0.1) is 13.2 Å². The first kappa shape index (κ1) is 14.1. The summed E-state index contributed by atoms with van der Waals surface area (Å²) in [6, 6.07) is 1.51. The molecule has 0 aromatic heterocycles. The van der Waals surface area contributed by atoms with Gasteiger partial charge in [0, 0.05) is 0 Å². The standard InChI is InChI=1S/C8H3Cl2F5O2/c9-5-3(16-7(11)12)1-2-4(6(5)10)17-8(13,14)15/h1-2,7H. The Morgan fingerprint density at radius 3 is 1.94 bits per heavy atom. The maximum absolute atomic E-state index is 11.9. The first-order chi connectivity index (χ1) is 7.70. The third kappa shape index (κ3) is 4.08. The largest absolute Gasteiger partial charge is 0.573 e. The van der Waals surface area contributed by atoms with E-state index in [1.807, 2.05) is 0 Å². The van der Waals surface area contributed by atoms with Crippen molar-refractivity contribution in [3.8, 4) is 11.5 Å². The highest BCUT2D eigenvalue weighted by Crippen LogP contribution is 2.41. The molecule has 0 amide bonds. The van der Waals surface area contributed by atoms with Gasteiger partial charge in [0.15, 0.2) is 0 Å². The van der Waals surface area contributed by atoms with Crippen LogP contribution in [0.1, 0.15) is 0 Å². The fraction of sp³-hybridized carbons (Fsp3) is 0.250. The molecule has 0 heterocycles. The van der Waals surface area contributed by atoms with Crippen molar-refractivity contribution in [2.24, 2.45) is 0 Å². The lowest BCUT2D eigenvalue weighted by Crippen LogP contribution is -2.17. The van der Waals surface area contributed by atoms with Crippen LogP contribution in [0.25, 0.3) is 0 Å². The Kier molecular flexibility index (Phi) is 4.26. The number of benzene rings is 1. The highest BCUT2D eigenvalue weighted by Gasteiger charge is 2.32. The van der Waals surface area contributed by atoms with Gasteiger partial charge in [-0.3, -0.25) is 0 Å². The topological polar surface area (TPSA) is 18.5 Å². The highest BCUT2D eigenvalue weighted by atomic mass is 35.5. The molecule has 0 aliphatic heterocycles. The lowest BCUT2D eigenvalue weighted by Gasteiger charge is -2.13. The quantitative estimate of drug-likeness (QED) is 0.765. The van der Waals surface area contributed by atoms with Crippen LogP contribution in [-0.4, -0.2) is 13.0 Å². The minimum atomic E-state index is -4.96. The number of rotatable bonds is 3. The van der Waals surface area contributed by atoms with E-state index in [0.29, 0.717) is 0 Å². The molecule has 1 aromatic rings. The van der Waals surface area contributed by atoms with E-state index in [-0.39, 0.29) is 0 Å². The van der Waals surface area contributed by atoms with Crippen molar-refractivity contribution in [3.05, 3.63) is 22.2 Å². The molecule has 0 fully saturated rings. The van der Waals surface area contributed by atoms with E-state index < -0.39 is 34.5 Å². The molecule has 0 spiro atoms. The molecule has 0 aliphatic rings. The molecular formula is C8H3Cl2F5O2. The summed E-state index contributed by atoms with van der Waals surface area (Å²) in [5.74, 6) is -1.34. The molecule has 0 saturated carbocycles. The van der Waals surface area contributed by atoms with Gasteiger partial charge in [-0.25, -0.2) is 0 Å². The second-order valence-electron chi connectivity index (χ2n) is 2.62. The van der Waals surface area contributed by atoms with Crippen LogP contribution in [0.15, 0.2) is 12.1 Å². The normalized spacial score (nSPS) is 11.8. The third-order valence-corrected chi connectivity index (χ3v) is 2.30. The Balaban J connectivity index is 3.02.